The third-order valence-electron chi connectivity index (χ3n) is 3.54. The molecule has 14 heavy (non-hydrogen) atoms. The summed E-state index contributed by atoms with van der Waals surface area (Å²) < 4.78 is 2.33. The molecule has 2 heteroatoms. The summed E-state index contributed by atoms with van der Waals surface area (Å²) in [6.45, 7) is 9.14. The van der Waals surface area contributed by atoms with Crippen molar-refractivity contribution in [2.45, 2.75) is 46.6 Å². The number of fused-ring (bicyclic) bond motifs is 1. The van der Waals surface area contributed by atoms with Crippen LogP contribution in [-0.4, -0.2) is 9.55 Å². The van der Waals surface area contributed by atoms with Crippen molar-refractivity contribution in [3.05, 3.63) is 17.7 Å². The van der Waals surface area contributed by atoms with Crippen LogP contribution in [0.1, 0.15) is 45.1 Å². The smallest absolute Gasteiger partial charge is 0.0954 e. The molecule has 1 heterocycles. The second kappa shape index (κ2) is 3.41. The van der Waals surface area contributed by atoms with Gasteiger partial charge in [-0.1, -0.05) is 13.8 Å². The highest BCUT2D eigenvalue weighted by atomic mass is 15.1. The van der Waals surface area contributed by atoms with Crippen LogP contribution in [0.25, 0.3) is 0 Å². The molecule has 0 saturated carbocycles. The molecule has 1 aromatic heterocycles. The molecular formula is C12H20N2. The third kappa shape index (κ3) is 1.47. The lowest BCUT2D eigenvalue weighted by molar-refractivity contribution is 0.346. The lowest BCUT2D eigenvalue weighted by atomic mass is 9.82. The quantitative estimate of drug-likeness (QED) is 0.669. The second-order valence-electron chi connectivity index (χ2n) is 5.00. The first-order valence-electron chi connectivity index (χ1n) is 5.64. The molecule has 2 atom stereocenters. The van der Waals surface area contributed by atoms with Gasteiger partial charge >= 0.3 is 0 Å². The van der Waals surface area contributed by atoms with Gasteiger partial charge in [-0.15, -0.1) is 0 Å². The summed E-state index contributed by atoms with van der Waals surface area (Å²) in [7, 11) is 0. The monoisotopic (exact) mass is 192 g/mol. The summed E-state index contributed by atoms with van der Waals surface area (Å²) in [6.07, 6.45) is 4.38. The number of aromatic nitrogens is 2. The Hall–Kier alpha value is -0.790. The number of nitrogens with zero attached hydrogens (tertiary/aromatic N) is 2. The van der Waals surface area contributed by atoms with Gasteiger partial charge in [0.1, 0.15) is 0 Å². The first-order chi connectivity index (χ1) is 6.59. The van der Waals surface area contributed by atoms with Crippen molar-refractivity contribution in [2.75, 3.05) is 0 Å². The molecule has 0 amide bonds. The van der Waals surface area contributed by atoms with Crippen LogP contribution in [0.5, 0.6) is 0 Å². The molecule has 0 spiro atoms. The van der Waals surface area contributed by atoms with E-state index in [-0.39, 0.29) is 0 Å². The van der Waals surface area contributed by atoms with E-state index >= 15 is 0 Å². The van der Waals surface area contributed by atoms with Crippen LogP contribution in [0.4, 0.5) is 0 Å². The fourth-order valence-corrected chi connectivity index (χ4v) is 2.28. The van der Waals surface area contributed by atoms with Gasteiger partial charge in [0.2, 0.25) is 0 Å². The Morgan fingerprint density at radius 2 is 1.93 bits per heavy atom. The van der Waals surface area contributed by atoms with Gasteiger partial charge in [0.25, 0.3) is 0 Å². The van der Waals surface area contributed by atoms with Gasteiger partial charge in [0.15, 0.2) is 0 Å². The fraction of sp³-hybridized carbons (Fsp3) is 0.750. The molecule has 0 aromatic carbocycles. The summed E-state index contributed by atoms with van der Waals surface area (Å²) in [4.78, 5) is 4.53. The molecule has 0 N–H and O–H groups in total. The predicted octanol–water partition coefficient (Wildman–Crippen LogP) is 2.83. The number of rotatable bonds is 1. The molecule has 78 valence electrons. The van der Waals surface area contributed by atoms with E-state index in [1.54, 1.807) is 0 Å². The average molecular weight is 192 g/mol. The fourth-order valence-electron chi connectivity index (χ4n) is 2.28. The lowest BCUT2D eigenvalue weighted by Gasteiger charge is -2.26. The summed E-state index contributed by atoms with van der Waals surface area (Å²) in [5.74, 6) is 1.59. The molecule has 1 aliphatic rings. The molecule has 0 aliphatic heterocycles. The van der Waals surface area contributed by atoms with E-state index in [1.807, 2.05) is 6.33 Å². The van der Waals surface area contributed by atoms with E-state index in [9.17, 15) is 0 Å². The van der Waals surface area contributed by atoms with Gasteiger partial charge in [-0.25, -0.2) is 4.98 Å². The van der Waals surface area contributed by atoms with Gasteiger partial charge in [-0.3, -0.25) is 0 Å². The second-order valence-corrected chi connectivity index (χ2v) is 5.00. The standard InChI is InChI=1S/C12H20N2/c1-8(2)14-7-13-11-5-9(3)10(4)6-12(11)14/h7-10H,5-6H2,1-4H3. The maximum atomic E-state index is 4.53. The zero-order chi connectivity index (χ0) is 10.3. The largest absolute Gasteiger partial charge is 0.332 e. The van der Waals surface area contributed by atoms with Crippen LogP contribution in [0.15, 0.2) is 6.33 Å². The van der Waals surface area contributed by atoms with Crippen LogP contribution < -0.4 is 0 Å². The normalized spacial score (nSPS) is 26.6. The highest BCUT2D eigenvalue weighted by Crippen LogP contribution is 2.30. The molecule has 2 rings (SSSR count). The van der Waals surface area contributed by atoms with Crippen LogP contribution in [0.3, 0.4) is 0 Å². The van der Waals surface area contributed by atoms with E-state index in [0.29, 0.717) is 6.04 Å². The van der Waals surface area contributed by atoms with Crippen LogP contribution in [0, 0.1) is 11.8 Å². The van der Waals surface area contributed by atoms with E-state index in [1.165, 1.54) is 17.8 Å². The maximum Gasteiger partial charge on any atom is 0.0954 e. The van der Waals surface area contributed by atoms with Gasteiger partial charge in [0.05, 0.1) is 12.0 Å². The molecule has 1 aromatic rings. The first-order valence-corrected chi connectivity index (χ1v) is 5.64. The van der Waals surface area contributed by atoms with E-state index in [0.717, 1.165) is 18.3 Å². The summed E-state index contributed by atoms with van der Waals surface area (Å²) in [6, 6.07) is 0.548. The Balaban J connectivity index is 2.35. The summed E-state index contributed by atoms with van der Waals surface area (Å²) >= 11 is 0. The Morgan fingerprint density at radius 3 is 2.57 bits per heavy atom. The molecule has 2 nitrogen and oxygen atoms in total. The predicted molar refractivity (Wildman–Crippen MR) is 58.3 cm³/mol. The Bertz CT molecular complexity index is 325. The van der Waals surface area contributed by atoms with E-state index < -0.39 is 0 Å². The topological polar surface area (TPSA) is 17.8 Å². The zero-order valence-electron chi connectivity index (χ0n) is 9.62. The van der Waals surface area contributed by atoms with Crippen molar-refractivity contribution in [2.24, 2.45) is 11.8 Å². The maximum absolute atomic E-state index is 4.53. The average Bonchev–Trinajstić information content (AvgIpc) is 2.48. The minimum atomic E-state index is 0.548. The molecule has 0 bridgehead atoms. The Morgan fingerprint density at radius 1 is 1.29 bits per heavy atom. The Labute approximate surface area is 86.3 Å². The van der Waals surface area contributed by atoms with E-state index in [4.69, 9.17) is 0 Å². The summed E-state index contributed by atoms with van der Waals surface area (Å²) in [5.41, 5.74) is 2.81. The van der Waals surface area contributed by atoms with Gasteiger partial charge in [-0.2, -0.15) is 0 Å². The minimum absolute atomic E-state index is 0.548. The molecular weight excluding hydrogens is 172 g/mol. The van der Waals surface area contributed by atoms with Crippen LogP contribution >= 0.6 is 0 Å². The van der Waals surface area contributed by atoms with Gasteiger partial charge < -0.3 is 4.57 Å². The molecule has 2 unspecified atom stereocenters. The van der Waals surface area contributed by atoms with Crippen molar-refractivity contribution < 1.29 is 0 Å². The van der Waals surface area contributed by atoms with Crippen molar-refractivity contribution in [1.29, 1.82) is 0 Å². The zero-order valence-corrected chi connectivity index (χ0v) is 9.62. The van der Waals surface area contributed by atoms with E-state index in [2.05, 4.69) is 37.2 Å². The number of imidazole rings is 1. The SMILES string of the molecule is CC1Cc2ncn(C(C)C)c2CC1C. The summed E-state index contributed by atoms with van der Waals surface area (Å²) in [5, 5.41) is 0. The molecule has 0 saturated heterocycles. The van der Waals surface area contributed by atoms with Gasteiger partial charge in [0, 0.05) is 11.7 Å². The Kier molecular flexibility index (Phi) is 2.38. The first kappa shape index (κ1) is 9.75. The highest BCUT2D eigenvalue weighted by Gasteiger charge is 2.25. The van der Waals surface area contributed by atoms with Crippen molar-refractivity contribution in [3.63, 3.8) is 0 Å². The van der Waals surface area contributed by atoms with Crippen molar-refractivity contribution in [3.8, 4) is 0 Å². The lowest BCUT2D eigenvalue weighted by Crippen LogP contribution is -2.22. The van der Waals surface area contributed by atoms with Crippen molar-refractivity contribution in [1.82, 2.24) is 9.55 Å². The van der Waals surface area contributed by atoms with Crippen LogP contribution in [-0.2, 0) is 12.8 Å². The molecule has 1 aliphatic carbocycles. The molecule has 0 radical (unpaired) electrons. The minimum Gasteiger partial charge on any atom is -0.332 e. The van der Waals surface area contributed by atoms with Crippen molar-refractivity contribution >= 4 is 0 Å². The number of hydrogen-bond acceptors (Lipinski definition) is 1. The van der Waals surface area contributed by atoms with Crippen LogP contribution in [0.2, 0.25) is 0 Å². The number of hydrogen-bond donors (Lipinski definition) is 0. The highest BCUT2D eigenvalue weighted by molar-refractivity contribution is 5.18. The third-order valence-corrected chi connectivity index (χ3v) is 3.54. The molecule has 0 fully saturated rings. The van der Waals surface area contributed by atoms with Gasteiger partial charge in [-0.05, 0) is 38.5 Å².